The number of hydrogen-bond acceptors (Lipinski definition) is 5. The van der Waals surface area contributed by atoms with Gasteiger partial charge in [-0.25, -0.2) is 0 Å². The molecule has 5 aliphatic rings. The molecule has 3 aliphatic heterocycles. The number of nitrogens with zero attached hydrogens (tertiary/aromatic N) is 1. The molecule has 39 heavy (non-hydrogen) atoms. The summed E-state index contributed by atoms with van der Waals surface area (Å²) in [6.45, 7) is 4.67. The van der Waals surface area contributed by atoms with Crippen LogP contribution in [0.4, 0.5) is 5.69 Å². The number of anilines is 1. The summed E-state index contributed by atoms with van der Waals surface area (Å²) in [7, 11) is 0. The summed E-state index contributed by atoms with van der Waals surface area (Å²) in [4.78, 5) is 44.0. The smallest absolute Gasteiger partial charge is 0.246 e. The Hall–Kier alpha value is -2.87. The highest BCUT2D eigenvalue weighted by molar-refractivity contribution is 6.03. The third kappa shape index (κ3) is 4.54. The topological polar surface area (TPSA) is 97.0 Å². The zero-order chi connectivity index (χ0) is 27.1. The van der Waals surface area contributed by atoms with Gasteiger partial charge in [-0.2, -0.15) is 0 Å². The van der Waals surface area contributed by atoms with Crippen molar-refractivity contribution in [2.45, 2.75) is 101 Å². The molecule has 1 spiro atoms. The quantitative estimate of drug-likeness (QED) is 0.510. The third-order valence-electron chi connectivity index (χ3n) is 9.67. The van der Waals surface area contributed by atoms with Gasteiger partial charge in [0, 0.05) is 17.8 Å². The summed E-state index contributed by atoms with van der Waals surface area (Å²) in [5.74, 6) is -0.881. The molecule has 0 radical (unpaired) electrons. The predicted molar refractivity (Wildman–Crippen MR) is 147 cm³/mol. The van der Waals surface area contributed by atoms with Crippen molar-refractivity contribution in [3.8, 4) is 5.75 Å². The SMILES string of the molecule is CCOc1ccc(NC(=O)C2[C@@H]3C=CC4(O3)C(C(=O)NC3CCCCC3)N(C3CCCCC3C)C(=O)[C@H]24)cc1. The van der Waals surface area contributed by atoms with Crippen LogP contribution in [-0.2, 0) is 19.1 Å². The first-order chi connectivity index (χ1) is 18.9. The Bertz CT molecular complexity index is 1130. The normalized spacial score (nSPS) is 35.6. The number of benzene rings is 1. The Morgan fingerprint density at radius 2 is 1.74 bits per heavy atom. The molecule has 3 heterocycles. The van der Waals surface area contributed by atoms with E-state index < -0.39 is 29.6 Å². The molecule has 210 valence electrons. The van der Waals surface area contributed by atoms with Crippen molar-refractivity contribution in [1.29, 1.82) is 0 Å². The van der Waals surface area contributed by atoms with Gasteiger partial charge in [-0.3, -0.25) is 14.4 Å². The van der Waals surface area contributed by atoms with E-state index in [-0.39, 0.29) is 29.8 Å². The fourth-order valence-corrected chi connectivity index (χ4v) is 7.83. The Morgan fingerprint density at radius 3 is 2.46 bits per heavy atom. The number of nitrogens with one attached hydrogen (secondary N) is 2. The largest absolute Gasteiger partial charge is 0.494 e. The molecule has 1 aromatic carbocycles. The first-order valence-corrected chi connectivity index (χ1v) is 15.0. The number of carbonyl (C=O) groups excluding carboxylic acids is 3. The molecule has 1 aromatic rings. The average molecular weight is 536 g/mol. The van der Waals surface area contributed by atoms with E-state index in [0.717, 1.165) is 57.1 Å². The van der Waals surface area contributed by atoms with Gasteiger partial charge >= 0.3 is 0 Å². The number of likely N-dealkylation sites (tertiary alicyclic amines) is 1. The highest BCUT2D eigenvalue weighted by Gasteiger charge is 2.73. The zero-order valence-electron chi connectivity index (χ0n) is 23.1. The van der Waals surface area contributed by atoms with Gasteiger partial charge in [0.05, 0.1) is 24.5 Å². The second-order valence-corrected chi connectivity index (χ2v) is 12.1. The summed E-state index contributed by atoms with van der Waals surface area (Å²) in [5.41, 5.74) is -0.475. The summed E-state index contributed by atoms with van der Waals surface area (Å²) in [5, 5.41) is 6.30. The number of amides is 3. The summed E-state index contributed by atoms with van der Waals surface area (Å²) >= 11 is 0. The van der Waals surface area contributed by atoms with Gasteiger partial charge in [0.2, 0.25) is 17.7 Å². The predicted octanol–water partition coefficient (Wildman–Crippen LogP) is 4.20. The van der Waals surface area contributed by atoms with Crippen molar-refractivity contribution in [2.75, 3.05) is 11.9 Å². The second kappa shape index (κ2) is 10.6. The molecule has 0 aromatic heterocycles. The lowest BCUT2D eigenvalue weighted by Crippen LogP contribution is -2.59. The fourth-order valence-electron chi connectivity index (χ4n) is 7.83. The van der Waals surface area contributed by atoms with E-state index in [9.17, 15) is 14.4 Å². The van der Waals surface area contributed by atoms with E-state index in [1.54, 1.807) is 12.1 Å². The van der Waals surface area contributed by atoms with Crippen LogP contribution in [0.25, 0.3) is 0 Å². The molecule has 2 N–H and O–H groups in total. The van der Waals surface area contributed by atoms with Gasteiger partial charge in [-0.05, 0) is 62.8 Å². The highest BCUT2D eigenvalue weighted by Crippen LogP contribution is 2.56. The van der Waals surface area contributed by atoms with Crippen LogP contribution in [0.15, 0.2) is 36.4 Å². The Labute approximate surface area is 230 Å². The monoisotopic (exact) mass is 535 g/mol. The van der Waals surface area contributed by atoms with E-state index in [1.165, 1.54) is 6.42 Å². The molecule has 6 rings (SSSR count). The van der Waals surface area contributed by atoms with E-state index in [4.69, 9.17) is 9.47 Å². The fraction of sp³-hybridized carbons (Fsp3) is 0.645. The van der Waals surface area contributed by atoms with Gasteiger partial charge in [-0.15, -0.1) is 0 Å². The van der Waals surface area contributed by atoms with Crippen molar-refractivity contribution in [3.63, 3.8) is 0 Å². The van der Waals surface area contributed by atoms with Crippen molar-refractivity contribution in [3.05, 3.63) is 36.4 Å². The summed E-state index contributed by atoms with van der Waals surface area (Å²) in [6.07, 6.45) is 12.7. The number of hydrogen-bond donors (Lipinski definition) is 2. The lowest BCUT2D eigenvalue weighted by atomic mass is 9.74. The first-order valence-electron chi connectivity index (χ1n) is 15.0. The van der Waals surface area contributed by atoms with Crippen LogP contribution in [0.5, 0.6) is 5.75 Å². The molecule has 8 heteroatoms. The average Bonchev–Trinajstić information content (AvgIpc) is 3.58. The Kier molecular flexibility index (Phi) is 7.16. The van der Waals surface area contributed by atoms with Crippen LogP contribution in [0.2, 0.25) is 0 Å². The minimum Gasteiger partial charge on any atom is -0.494 e. The lowest BCUT2D eigenvalue weighted by molar-refractivity contribution is -0.146. The number of ether oxygens (including phenoxy) is 2. The van der Waals surface area contributed by atoms with E-state index >= 15 is 0 Å². The summed E-state index contributed by atoms with van der Waals surface area (Å²) < 4.78 is 12.1. The lowest BCUT2D eigenvalue weighted by Gasteiger charge is -2.42. The molecule has 8 nitrogen and oxygen atoms in total. The molecule has 5 unspecified atom stereocenters. The highest BCUT2D eigenvalue weighted by atomic mass is 16.5. The number of rotatable bonds is 7. The zero-order valence-corrected chi connectivity index (χ0v) is 23.1. The van der Waals surface area contributed by atoms with Gasteiger partial charge in [0.25, 0.3) is 0 Å². The van der Waals surface area contributed by atoms with Crippen LogP contribution in [0, 0.1) is 17.8 Å². The molecule has 2 saturated carbocycles. The standard InChI is InChI=1S/C31H41N3O5/c1-3-38-22-15-13-21(14-16-22)32-28(35)25-24-17-18-31(39-24)26(25)30(37)34(23-12-8-7-9-19(23)2)27(31)29(36)33-20-10-5-4-6-11-20/h13-20,23-27H,3-12H2,1-2H3,(H,32,35)(H,33,36)/t19?,23?,24-,25?,26-,27?,31?/m0/s1. The van der Waals surface area contributed by atoms with Crippen molar-refractivity contribution >= 4 is 23.4 Å². The van der Waals surface area contributed by atoms with Gasteiger partial charge < -0.3 is 25.0 Å². The molecule has 7 atom stereocenters. The first kappa shape index (κ1) is 26.4. The molecular weight excluding hydrogens is 494 g/mol. The van der Waals surface area contributed by atoms with Gasteiger partial charge in [0.1, 0.15) is 17.4 Å². The molecule has 4 fully saturated rings. The van der Waals surface area contributed by atoms with Crippen molar-refractivity contribution in [2.24, 2.45) is 17.8 Å². The number of carbonyl (C=O) groups is 3. The van der Waals surface area contributed by atoms with Crippen LogP contribution >= 0.6 is 0 Å². The second-order valence-electron chi connectivity index (χ2n) is 12.1. The maximum atomic E-state index is 14.3. The van der Waals surface area contributed by atoms with Crippen molar-refractivity contribution < 1.29 is 23.9 Å². The molecule has 3 amide bonds. The molecule has 2 bridgehead atoms. The van der Waals surface area contributed by atoms with Crippen LogP contribution in [-0.4, -0.2) is 59.1 Å². The van der Waals surface area contributed by atoms with E-state index in [0.29, 0.717) is 18.2 Å². The minimum atomic E-state index is -1.11. The van der Waals surface area contributed by atoms with Crippen LogP contribution in [0.3, 0.4) is 0 Å². The van der Waals surface area contributed by atoms with E-state index in [2.05, 4.69) is 17.6 Å². The van der Waals surface area contributed by atoms with Gasteiger partial charge in [-0.1, -0.05) is 51.2 Å². The van der Waals surface area contributed by atoms with Crippen molar-refractivity contribution in [1.82, 2.24) is 10.2 Å². The van der Waals surface area contributed by atoms with Crippen LogP contribution in [0.1, 0.15) is 71.6 Å². The minimum absolute atomic E-state index is 0.0285. The maximum Gasteiger partial charge on any atom is 0.246 e. The third-order valence-corrected chi connectivity index (χ3v) is 9.67. The Balaban J connectivity index is 1.29. The van der Waals surface area contributed by atoms with E-state index in [1.807, 2.05) is 36.1 Å². The molecule has 2 saturated heterocycles. The number of fused-ring (bicyclic) bond motifs is 1. The molecular formula is C31H41N3O5. The maximum absolute atomic E-state index is 14.3. The van der Waals surface area contributed by atoms with Gasteiger partial charge in [0.15, 0.2) is 0 Å². The Morgan fingerprint density at radius 1 is 1.03 bits per heavy atom. The van der Waals surface area contributed by atoms with Crippen LogP contribution < -0.4 is 15.4 Å². The summed E-state index contributed by atoms with van der Waals surface area (Å²) in [6, 6.07) is 6.58. The molecule has 2 aliphatic carbocycles.